The lowest BCUT2D eigenvalue weighted by Gasteiger charge is -2.42. The Hall–Kier alpha value is 0.177. The standard InChI is InChI=1S/C10H24OSi/c1-7-10(8-2,9-3)12(5,6)11-4/h7-9H2,1-6H3. The predicted octanol–water partition coefficient (Wildman–Crippen LogP) is 3.81. The van der Waals surface area contributed by atoms with Crippen LogP contribution in [0.15, 0.2) is 0 Å². The summed E-state index contributed by atoms with van der Waals surface area (Å²) in [5, 5.41) is 0.488. The molecule has 0 unspecified atom stereocenters. The SMILES string of the molecule is CCC(CC)(CC)[Si](C)(C)OC. The Kier molecular flexibility index (Phi) is 4.49. The fourth-order valence-electron chi connectivity index (χ4n) is 2.24. The summed E-state index contributed by atoms with van der Waals surface area (Å²) >= 11 is 0. The molecule has 0 fully saturated rings. The van der Waals surface area contributed by atoms with Crippen molar-refractivity contribution >= 4 is 8.32 Å². The maximum absolute atomic E-state index is 5.71. The smallest absolute Gasteiger partial charge is 0.192 e. The zero-order valence-electron chi connectivity index (χ0n) is 9.53. The van der Waals surface area contributed by atoms with Gasteiger partial charge in [-0.2, -0.15) is 0 Å². The Morgan fingerprint density at radius 3 is 1.42 bits per heavy atom. The molecule has 0 aromatic heterocycles. The van der Waals surface area contributed by atoms with Gasteiger partial charge in [0.15, 0.2) is 8.32 Å². The largest absolute Gasteiger partial charge is 0.420 e. The maximum Gasteiger partial charge on any atom is 0.192 e. The molecule has 0 aliphatic heterocycles. The van der Waals surface area contributed by atoms with E-state index in [1.54, 1.807) is 0 Å². The molecule has 0 amide bonds. The van der Waals surface area contributed by atoms with Crippen LogP contribution in [0, 0.1) is 0 Å². The molecule has 0 aromatic carbocycles. The highest BCUT2D eigenvalue weighted by atomic mass is 28.4. The summed E-state index contributed by atoms with van der Waals surface area (Å²) in [7, 11) is 0.420. The van der Waals surface area contributed by atoms with Gasteiger partial charge in [-0.15, -0.1) is 0 Å². The first kappa shape index (κ1) is 12.2. The molecule has 12 heavy (non-hydrogen) atoms. The van der Waals surface area contributed by atoms with Crippen molar-refractivity contribution in [1.82, 2.24) is 0 Å². The van der Waals surface area contributed by atoms with Crippen molar-refractivity contribution in [2.24, 2.45) is 0 Å². The summed E-state index contributed by atoms with van der Waals surface area (Å²) in [4.78, 5) is 0. The minimum Gasteiger partial charge on any atom is -0.420 e. The average molecular weight is 188 g/mol. The second-order valence-corrected chi connectivity index (χ2v) is 8.54. The highest BCUT2D eigenvalue weighted by Gasteiger charge is 2.43. The van der Waals surface area contributed by atoms with Crippen LogP contribution >= 0.6 is 0 Å². The van der Waals surface area contributed by atoms with Gasteiger partial charge in [0, 0.05) is 7.11 Å². The monoisotopic (exact) mass is 188 g/mol. The van der Waals surface area contributed by atoms with Crippen LogP contribution < -0.4 is 0 Å². The zero-order valence-corrected chi connectivity index (χ0v) is 10.5. The molecule has 0 heterocycles. The molecule has 0 atom stereocenters. The van der Waals surface area contributed by atoms with Crippen molar-refractivity contribution in [3.05, 3.63) is 0 Å². The van der Waals surface area contributed by atoms with Gasteiger partial charge in [0.05, 0.1) is 0 Å². The third-order valence-corrected chi connectivity index (χ3v) is 8.45. The van der Waals surface area contributed by atoms with E-state index in [0.717, 1.165) is 0 Å². The Balaban J connectivity index is 4.69. The van der Waals surface area contributed by atoms with Gasteiger partial charge in [0.25, 0.3) is 0 Å². The van der Waals surface area contributed by atoms with Gasteiger partial charge in [-0.05, 0) is 18.1 Å². The van der Waals surface area contributed by atoms with Gasteiger partial charge in [-0.25, -0.2) is 0 Å². The quantitative estimate of drug-likeness (QED) is 0.596. The maximum atomic E-state index is 5.71. The Bertz CT molecular complexity index is 120. The second-order valence-electron chi connectivity index (χ2n) is 4.06. The van der Waals surface area contributed by atoms with Crippen LogP contribution in [0.2, 0.25) is 18.1 Å². The van der Waals surface area contributed by atoms with Crippen LogP contribution in [0.1, 0.15) is 40.0 Å². The van der Waals surface area contributed by atoms with E-state index in [1.807, 2.05) is 7.11 Å². The molecule has 0 spiro atoms. The van der Waals surface area contributed by atoms with Gasteiger partial charge in [0.2, 0.25) is 0 Å². The van der Waals surface area contributed by atoms with Crippen molar-refractivity contribution in [1.29, 1.82) is 0 Å². The zero-order chi connectivity index (χ0) is 9.83. The minimum absolute atomic E-state index is 0.488. The first-order chi connectivity index (χ1) is 5.49. The summed E-state index contributed by atoms with van der Waals surface area (Å²) < 4.78 is 5.71. The summed E-state index contributed by atoms with van der Waals surface area (Å²) in [6.45, 7) is 11.6. The van der Waals surface area contributed by atoms with E-state index in [-0.39, 0.29) is 0 Å². The van der Waals surface area contributed by atoms with Crippen molar-refractivity contribution < 1.29 is 4.43 Å². The molecule has 2 heteroatoms. The van der Waals surface area contributed by atoms with E-state index in [0.29, 0.717) is 5.04 Å². The molecule has 0 aliphatic carbocycles. The minimum atomic E-state index is -1.46. The van der Waals surface area contributed by atoms with Crippen LogP contribution in [0.3, 0.4) is 0 Å². The fraction of sp³-hybridized carbons (Fsp3) is 1.00. The molecule has 0 saturated carbocycles. The molecule has 0 aromatic rings. The summed E-state index contributed by atoms with van der Waals surface area (Å²) in [6.07, 6.45) is 3.77. The van der Waals surface area contributed by atoms with Crippen LogP contribution in [-0.2, 0) is 4.43 Å². The highest BCUT2D eigenvalue weighted by molar-refractivity contribution is 6.74. The second kappa shape index (κ2) is 4.42. The average Bonchev–Trinajstić information content (AvgIpc) is 2.08. The Labute approximate surface area is 78.6 Å². The Morgan fingerprint density at radius 2 is 1.33 bits per heavy atom. The van der Waals surface area contributed by atoms with E-state index >= 15 is 0 Å². The molecule has 0 rings (SSSR count). The third-order valence-electron chi connectivity index (χ3n) is 3.82. The molecule has 0 saturated heterocycles. The number of hydrogen-bond donors (Lipinski definition) is 0. The first-order valence-corrected chi connectivity index (χ1v) is 7.95. The van der Waals surface area contributed by atoms with E-state index in [4.69, 9.17) is 4.43 Å². The predicted molar refractivity (Wildman–Crippen MR) is 58.1 cm³/mol. The van der Waals surface area contributed by atoms with Gasteiger partial charge in [-0.3, -0.25) is 0 Å². The molecule has 1 nitrogen and oxygen atoms in total. The van der Waals surface area contributed by atoms with E-state index < -0.39 is 8.32 Å². The summed E-state index contributed by atoms with van der Waals surface area (Å²) in [6, 6.07) is 0. The lowest BCUT2D eigenvalue weighted by Crippen LogP contribution is -2.43. The molecule has 0 aliphatic rings. The van der Waals surface area contributed by atoms with E-state index in [2.05, 4.69) is 33.9 Å². The molecule has 74 valence electrons. The normalized spacial score (nSPS) is 13.5. The first-order valence-electron chi connectivity index (χ1n) is 5.04. The van der Waals surface area contributed by atoms with Gasteiger partial charge >= 0.3 is 0 Å². The van der Waals surface area contributed by atoms with Crippen LogP contribution in [0.5, 0.6) is 0 Å². The van der Waals surface area contributed by atoms with Gasteiger partial charge in [0.1, 0.15) is 0 Å². The molecular weight excluding hydrogens is 164 g/mol. The van der Waals surface area contributed by atoms with E-state index in [9.17, 15) is 0 Å². The molecule has 0 radical (unpaired) electrons. The van der Waals surface area contributed by atoms with Crippen LogP contribution in [-0.4, -0.2) is 15.4 Å². The Morgan fingerprint density at radius 1 is 1.00 bits per heavy atom. The third kappa shape index (κ3) is 1.91. The number of rotatable bonds is 5. The van der Waals surface area contributed by atoms with Crippen molar-refractivity contribution in [2.45, 2.75) is 58.2 Å². The van der Waals surface area contributed by atoms with Crippen LogP contribution in [0.4, 0.5) is 0 Å². The highest BCUT2D eigenvalue weighted by Crippen LogP contribution is 2.47. The molecule has 0 N–H and O–H groups in total. The van der Waals surface area contributed by atoms with Crippen molar-refractivity contribution in [2.75, 3.05) is 7.11 Å². The van der Waals surface area contributed by atoms with Gasteiger partial charge in [-0.1, -0.05) is 40.0 Å². The molecule has 0 bridgehead atoms. The lowest BCUT2D eigenvalue weighted by molar-refractivity contribution is 0.332. The summed E-state index contributed by atoms with van der Waals surface area (Å²) in [5.74, 6) is 0. The van der Waals surface area contributed by atoms with Gasteiger partial charge < -0.3 is 4.43 Å². The van der Waals surface area contributed by atoms with Crippen molar-refractivity contribution in [3.8, 4) is 0 Å². The molecular formula is C10H24OSi. The van der Waals surface area contributed by atoms with Crippen LogP contribution in [0.25, 0.3) is 0 Å². The number of hydrogen-bond acceptors (Lipinski definition) is 1. The fourth-order valence-corrected chi connectivity index (χ4v) is 5.23. The van der Waals surface area contributed by atoms with Crippen molar-refractivity contribution in [3.63, 3.8) is 0 Å². The topological polar surface area (TPSA) is 9.23 Å². The summed E-state index contributed by atoms with van der Waals surface area (Å²) in [5.41, 5.74) is 0. The van der Waals surface area contributed by atoms with E-state index in [1.165, 1.54) is 19.3 Å². The lowest BCUT2D eigenvalue weighted by atomic mass is 9.99.